The smallest absolute Gasteiger partial charge is 0.269 e. The van der Waals surface area contributed by atoms with E-state index in [4.69, 9.17) is 4.84 Å². The van der Waals surface area contributed by atoms with Gasteiger partial charge in [0.2, 0.25) is 5.91 Å². The summed E-state index contributed by atoms with van der Waals surface area (Å²) in [7, 11) is 3.89. The monoisotopic (exact) mass is 458 g/mol. The molecule has 2 aliphatic rings. The lowest BCUT2D eigenvalue weighted by Gasteiger charge is -2.29. The molecule has 2 fully saturated rings. The Bertz CT molecular complexity index is 1240. The minimum atomic E-state index is -0.999. The van der Waals surface area contributed by atoms with Crippen LogP contribution in [0.3, 0.4) is 0 Å². The highest BCUT2D eigenvalue weighted by atomic mass is 16.7. The number of non-ortho nitro benzene ring substituents is 1. The number of amides is 2. The number of carbonyl (C=O) groups excluding carboxylic acids is 2. The number of hydroxylamine groups is 1. The number of nitrogens with zero attached hydrogens (tertiary/aromatic N) is 4. The highest BCUT2D eigenvalue weighted by molar-refractivity contribution is 6.24. The summed E-state index contributed by atoms with van der Waals surface area (Å²) in [4.78, 5) is 46.6. The first-order valence-electron chi connectivity index (χ1n) is 10.8. The van der Waals surface area contributed by atoms with E-state index >= 15 is 0 Å². The summed E-state index contributed by atoms with van der Waals surface area (Å²) in [5.74, 6) is -1.66. The Labute approximate surface area is 195 Å². The molecule has 172 valence electrons. The van der Waals surface area contributed by atoms with Crippen LogP contribution >= 0.6 is 0 Å². The number of rotatable bonds is 5. The molecule has 5 rings (SSSR count). The molecule has 0 unspecified atom stereocenters. The Hall–Kier alpha value is -4.24. The quantitative estimate of drug-likeness (QED) is 0.327. The van der Waals surface area contributed by atoms with Crippen LogP contribution in [0.1, 0.15) is 11.6 Å². The zero-order valence-corrected chi connectivity index (χ0v) is 18.6. The van der Waals surface area contributed by atoms with E-state index in [1.54, 1.807) is 5.06 Å². The van der Waals surface area contributed by atoms with E-state index < -0.39 is 34.8 Å². The van der Waals surface area contributed by atoms with Gasteiger partial charge in [0.05, 0.1) is 22.3 Å². The number of hydrogen-bond acceptors (Lipinski definition) is 7. The molecular formula is C25H22N4O5. The molecule has 0 saturated carbocycles. The number of carbonyl (C=O) groups is 2. The third-order valence-corrected chi connectivity index (χ3v) is 6.20. The molecule has 3 atom stereocenters. The average Bonchev–Trinajstić information content (AvgIpc) is 3.35. The molecule has 2 heterocycles. The standard InChI is InChI=1S/C25H22N4O5/c1-26(2)17-10-8-16(9-11-17)22-21-23(34-28(22)19-6-4-3-5-7-19)25(31)27(24(21)30)18-12-14-20(15-13-18)29(32)33/h3-15,21-23H,1-2H3/t21-,22-,23+/m0/s1. The molecule has 3 aromatic carbocycles. The maximum Gasteiger partial charge on any atom is 0.269 e. The largest absolute Gasteiger partial charge is 0.378 e. The molecule has 3 aromatic rings. The van der Waals surface area contributed by atoms with Crippen molar-refractivity contribution in [2.24, 2.45) is 5.92 Å². The molecule has 0 aromatic heterocycles. The minimum absolute atomic E-state index is 0.117. The van der Waals surface area contributed by atoms with Crippen LogP contribution in [-0.2, 0) is 14.4 Å². The third-order valence-electron chi connectivity index (χ3n) is 6.20. The molecule has 0 bridgehead atoms. The lowest BCUT2D eigenvalue weighted by molar-refractivity contribution is -0.384. The second-order valence-corrected chi connectivity index (χ2v) is 8.43. The van der Waals surface area contributed by atoms with Crippen molar-refractivity contribution in [3.63, 3.8) is 0 Å². The number of nitro benzene ring substituents is 1. The van der Waals surface area contributed by atoms with Gasteiger partial charge in [-0.05, 0) is 42.0 Å². The predicted molar refractivity (Wildman–Crippen MR) is 126 cm³/mol. The Morgan fingerprint density at radius 2 is 1.50 bits per heavy atom. The first-order chi connectivity index (χ1) is 16.4. The van der Waals surface area contributed by atoms with Crippen molar-refractivity contribution in [2.45, 2.75) is 12.1 Å². The zero-order chi connectivity index (χ0) is 24.0. The molecule has 2 amide bonds. The van der Waals surface area contributed by atoms with Gasteiger partial charge in [0.25, 0.3) is 11.6 Å². The van der Waals surface area contributed by atoms with Crippen LogP contribution in [0.5, 0.6) is 0 Å². The molecule has 0 spiro atoms. The number of fused-ring (bicyclic) bond motifs is 1. The lowest BCUT2D eigenvalue weighted by Crippen LogP contribution is -2.37. The van der Waals surface area contributed by atoms with Crippen LogP contribution in [0, 0.1) is 16.0 Å². The molecule has 34 heavy (non-hydrogen) atoms. The molecular weight excluding hydrogens is 436 g/mol. The second-order valence-electron chi connectivity index (χ2n) is 8.43. The van der Waals surface area contributed by atoms with E-state index in [1.807, 2.05) is 73.6 Å². The van der Waals surface area contributed by atoms with E-state index in [9.17, 15) is 19.7 Å². The fourth-order valence-corrected chi connectivity index (χ4v) is 4.50. The van der Waals surface area contributed by atoms with Crippen LogP contribution in [0.25, 0.3) is 0 Å². The van der Waals surface area contributed by atoms with Gasteiger partial charge in [0, 0.05) is 31.9 Å². The number of para-hydroxylation sites is 1. The maximum atomic E-state index is 13.6. The Kier molecular flexibility index (Phi) is 5.25. The molecule has 2 aliphatic heterocycles. The van der Waals surface area contributed by atoms with Gasteiger partial charge in [0.15, 0.2) is 6.10 Å². The molecule has 9 heteroatoms. The van der Waals surface area contributed by atoms with E-state index in [0.717, 1.165) is 21.8 Å². The number of anilines is 3. The fourth-order valence-electron chi connectivity index (χ4n) is 4.50. The predicted octanol–water partition coefficient (Wildman–Crippen LogP) is 3.71. The van der Waals surface area contributed by atoms with E-state index in [-0.39, 0.29) is 11.4 Å². The first kappa shape index (κ1) is 21.6. The second kappa shape index (κ2) is 8.27. The topological polar surface area (TPSA) is 96.2 Å². The van der Waals surface area contributed by atoms with Crippen LogP contribution in [0.15, 0.2) is 78.9 Å². The summed E-state index contributed by atoms with van der Waals surface area (Å²) in [6.07, 6.45) is -0.999. The Morgan fingerprint density at radius 1 is 0.853 bits per heavy atom. The van der Waals surface area contributed by atoms with Crippen molar-refractivity contribution >= 4 is 34.6 Å². The van der Waals surface area contributed by atoms with Crippen LogP contribution < -0.4 is 14.9 Å². The van der Waals surface area contributed by atoms with Gasteiger partial charge in [-0.2, -0.15) is 0 Å². The molecule has 2 saturated heterocycles. The molecule has 0 aliphatic carbocycles. The van der Waals surface area contributed by atoms with Crippen molar-refractivity contribution < 1.29 is 19.3 Å². The lowest BCUT2D eigenvalue weighted by atomic mass is 9.90. The molecule has 0 N–H and O–H groups in total. The van der Waals surface area contributed by atoms with Gasteiger partial charge in [-0.3, -0.25) is 24.5 Å². The fraction of sp³-hybridized carbons (Fsp3) is 0.200. The van der Waals surface area contributed by atoms with E-state index in [2.05, 4.69) is 0 Å². The normalized spacial score (nSPS) is 21.6. The maximum absolute atomic E-state index is 13.6. The summed E-state index contributed by atoms with van der Waals surface area (Å²) in [5.41, 5.74) is 2.75. The van der Waals surface area contributed by atoms with Gasteiger partial charge in [0.1, 0.15) is 5.92 Å². The average molecular weight is 458 g/mol. The third kappa shape index (κ3) is 3.46. The van der Waals surface area contributed by atoms with E-state index in [0.29, 0.717) is 0 Å². The molecule has 9 nitrogen and oxygen atoms in total. The van der Waals surface area contributed by atoms with Gasteiger partial charge < -0.3 is 4.90 Å². The molecule has 0 radical (unpaired) electrons. The van der Waals surface area contributed by atoms with Gasteiger partial charge >= 0.3 is 0 Å². The summed E-state index contributed by atoms with van der Waals surface area (Å²) >= 11 is 0. The number of imide groups is 1. The highest BCUT2D eigenvalue weighted by Gasteiger charge is 2.60. The number of hydrogen-bond donors (Lipinski definition) is 0. The van der Waals surface area contributed by atoms with Crippen molar-refractivity contribution in [1.29, 1.82) is 0 Å². The van der Waals surface area contributed by atoms with Gasteiger partial charge in [-0.1, -0.05) is 30.3 Å². The Balaban J connectivity index is 1.54. The first-order valence-corrected chi connectivity index (χ1v) is 10.8. The van der Waals surface area contributed by atoms with Crippen LogP contribution in [0.2, 0.25) is 0 Å². The SMILES string of the molecule is CN(C)c1ccc([C@H]2[C@@H]3C(=O)N(c4ccc([N+](=O)[O-])cc4)C(=O)[C@@H]3ON2c2ccccc2)cc1. The van der Waals surface area contributed by atoms with Crippen molar-refractivity contribution in [1.82, 2.24) is 0 Å². The van der Waals surface area contributed by atoms with Crippen molar-refractivity contribution in [3.05, 3.63) is 94.5 Å². The van der Waals surface area contributed by atoms with Crippen molar-refractivity contribution in [2.75, 3.05) is 29.0 Å². The Morgan fingerprint density at radius 3 is 2.09 bits per heavy atom. The summed E-state index contributed by atoms with van der Waals surface area (Å²) in [5, 5.41) is 12.6. The number of benzene rings is 3. The van der Waals surface area contributed by atoms with Crippen LogP contribution in [0.4, 0.5) is 22.7 Å². The van der Waals surface area contributed by atoms with E-state index in [1.165, 1.54) is 24.3 Å². The summed E-state index contributed by atoms with van der Waals surface area (Å²) in [6, 6.07) is 22.0. The van der Waals surface area contributed by atoms with Crippen LogP contribution in [-0.4, -0.2) is 36.9 Å². The van der Waals surface area contributed by atoms with Gasteiger partial charge in [-0.15, -0.1) is 0 Å². The highest BCUT2D eigenvalue weighted by Crippen LogP contribution is 2.47. The van der Waals surface area contributed by atoms with Crippen molar-refractivity contribution in [3.8, 4) is 0 Å². The number of nitro groups is 1. The minimum Gasteiger partial charge on any atom is -0.378 e. The van der Waals surface area contributed by atoms with Gasteiger partial charge in [-0.25, -0.2) is 9.96 Å². The summed E-state index contributed by atoms with van der Waals surface area (Å²) < 4.78 is 0. The summed E-state index contributed by atoms with van der Waals surface area (Å²) in [6.45, 7) is 0. The zero-order valence-electron chi connectivity index (χ0n) is 18.6.